The summed E-state index contributed by atoms with van der Waals surface area (Å²) in [5.41, 5.74) is 6.45. The smallest absolute Gasteiger partial charge is 0.214 e. The highest BCUT2D eigenvalue weighted by atomic mass is 32.1. The zero-order chi connectivity index (χ0) is 15.7. The van der Waals surface area contributed by atoms with Crippen molar-refractivity contribution in [3.63, 3.8) is 0 Å². The number of nitrogen functional groups attached to an aromatic ring is 1. The first-order valence-electron chi connectivity index (χ1n) is 7.22. The van der Waals surface area contributed by atoms with Gasteiger partial charge in [0.2, 0.25) is 5.95 Å². The third-order valence-corrected chi connectivity index (χ3v) is 3.31. The topological polar surface area (TPSA) is 57.4 Å². The normalized spacial score (nSPS) is 11.0. The number of rotatable bonds is 10. The summed E-state index contributed by atoms with van der Waals surface area (Å²) in [6.07, 6.45) is 2.85. The minimum absolute atomic E-state index is 0.166. The van der Waals surface area contributed by atoms with Gasteiger partial charge in [-0.05, 0) is 49.6 Å². The van der Waals surface area contributed by atoms with E-state index >= 15 is 0 Å². The van der Waals surface area contributed by atoms with Crippen molar-refractivity contribution in [3.8, 4) is 0 Å². The van der Waals surface area contributed by atoms with Gasteiger partial charge in [-0.15, -0.1) is 0 Å². The Morgan fingerprint density at radius 3 is 2.57 bits per heavy atom. The van der Waals surface area contributed by atoms with E-state index in [0.717, 1.165) is 29.7 Å². The third kappa shape index (κ3) is 6.93. The lowest BCUT2D eigenvalue weighted by Crippen LogP contribution is -2.17. The largest absolute Gasteiger partial charge is 0.383 e. The molecule has 2 N–H and O–H groups in total. The highest BCUT2D eigenvalue weighted by molar-refractivity contribution is 7.80. The average molecular weight is 314 g/mol. The molecular formula is C15H23FN2O2S. The quantitative estimate of drug-likeness (QED) is 0.408. The van der Waals surface area contributed by atoms with E-state index in [1.54, 1.807) is 6.07 Å². The molecule has 0 aliphatic rings. The number of nitrogens with two attached hydrogens (primary N) is 1. The monoisotopic (exact) mass is 314 g/mol. The maximum Gasteiger partial charge on any atom is 0.214 e. The highest BCUT2D eigenvalue weighted by Crippen LogP contribution is 2.14. The van der Waals surface area contributed by atoms with Crippen LogP contribution < -0.4 is 5.73 Å². The van der Waals surface area contributed by atoms with E-state index in [4.69, 9.17) is 27.4 Å². The molecule has 0 aliphatic carbocycles. The summed E-state index contributed by atoms with van der Waals surface area (Å²) in [6.45, 7) is 5.15. The second-order valence-corrected chi connectivity index (χ2v) is 5.20. The molecule has 0 spiro atoms. The minimum atomic E-state index is -0.571. The summed E-state index contributed by atoms with van der Waals surface area (Å²) < 4.78 is 23.8. The molecule has 1 aromatic rings. The molecular weight excluding hydrogens is 291 g/mol. The molecule has 0 aromatic carbocycles. The van der Waals surface area contributed by atoms with Gasteiger partial charge in [0.1, 0.15) is 5.82 Å². The van der Waals surface area contributed by atoms with Crippen molar-refractivity contribution < 1.29 is 13.9 Å². The molecule has 4 nitrogen and oxygen atoms in total. The fourth-order valence-corrected chi connectivity index (χ4v) is 2.28. The van der Waals surface area contributed by atoms with E-state index in [-0.39, 0.29) is 12.1 Å². The standard InChI is InChI=1S/C15H23FN2O2S/c1-3-19-14(20-4-2)7-5-6-12(21)10-11-8-9-13(16)18-15(11)17/h8-9,14H,3-7,10H2,1-2H3,(H2,17,18). The van der Waals surface area contributed by atoms with Crippen LogP contribution in [0.5, 0.6) is 0 Å². The van der Waals surface area contributed by atoms with Crippen molar-refractivity contribution in [1.29, 1.82) is 0 Å². The van der Waals surface area contributed by atoms with Crippen LogP contribution in [0.1, 0.15) is 38.7 Å². The first-order chi connectivity index (χ1) is 10.1. The van der Waals surface area contributed by atoms with Crippen molar-refractivity contribution in [1.82, 2.24) is 4.98 Å². The zero-order valence-corrected chi connectivity index (χ0v) is 13.4. The molecule has 118 valence electrons. The molecule has 0 fully saturated rings. The predicted molar refractivity (Wildman–Crippen MR) is 85.8 cm³/mol. The van der Waals surface area contributed by atoms with Gasteiger partial charge in [-0.2, -0.15) is 4.39 Å². The Morgan fingerprint density at radius 2 is 2.00 bits per heavy atom. The first kappa shape index (κ1) is 17.9. The second-order valence-electron chi connectivity index (χ2n) is 4.63. The minimum Gasteiger partial charge on any atom is -0.383 e. The van der Waals surface area contributed by atoms with Crippen LogP contribution in [0.25, 0.3) is 0 Å². The van der Waals surface area contributed by atoms with Crippen LogP contribution in [0, 0.1) is 5.95 Å². The molecule has 0 aliphatic heterocycles. The molecule has 0 amide bonds. The van der Waals surface area contributed by atoms with E-state index in [1.165, 1.54) is 6.07 Å². The van der Waals surface area contributed by atoms with E-state index < -0.39 is 5.95 Å². The predicted octanol–water partition coefficient (Wildman–Crippen LogP) is 3.28. The van der Waals surface area contributed by atoms with Crippen LogP contribution in [-0.4, -0.2) is 29.4 Å². The van der Waals surface area contributed by atoms with Gasteiger partial charge >= 0.3 is 0 Å². The van der Waals surface area contributed by atoms with Crippen molar-refractivity contribution >= 4 is 22.9 Å². The van der Waals surface area contributed by atoms with E-state index in [0.29, 0.717) is 19.6 Å². The van der Waals surface area contributed by atoms with Crippen LogP contribution in [0.2, 0.25) is 0 Å². The third-order valence-electron chi connectivity index (χ3n) is 2.97. The first-order valence-corrected chi connectivity index (χ1v) is 7.63. The lowest BCUT2D eigenvalue weighted by molar-refractivity contribution is -0.139. The van der Waals surface area contributed by atoms with E-state index in [1.807, 2.05) is 13.8 Å². The molecule has 1 aromatic heterocycles. The number of hydrogen-bond donors (Lipinski definition) is 1. The number of ether oxygens (including phenoxy) is 2. The average Bonchev–Trinajstić information content (AvgIpc) is 2.42. The van der Waals surface area contributed by atoms with Gasteiger partial charge in [0.05, 0.1) is 0 Å². The summed E-state index contributed by atoms with van der Waals surface area (Å²) in [6, 6.07) is 2.93. The maximum absolute atomic E-state index is 12.9. The van der Waals surface area contributed by atoms with Gasteiger partial charge in [0.15, 0.2) is 6.29 Å². The van der Waals surface area contributed by atoms with Crippen LogP contribution in [0.4, 0.5) is 10.2 Å². The Balaban J connectivity index is 2.36. The van der Waals surface area contributed by atoms with Crippen LogP contribution >= 0.6 is 12.2 Å². The molecule has 0 bridgehead atoms. The van der Waals surface area contributed by atoms with Gasteiger partial charge in [0.25, 0.3) is 0 Å². The Bertz CT molecular complexity index is 451. The maximum atomic E-state index is 12.9. The molecule has 1 heterocycles. The number of nitrogens with zero attached hydrogens (tertiary/aromatic N) is 1. The second kappa shape index (κ2) is 9.76. The molecule has 0 radical (unpaired) electrons. The molecule has 0 atom stereocenters. The number of pyridine rings is 1. The number of thiocarbonyl (C=S) groups is 1. The SMILES string of the molecule is CCOC(CCCC(=S)Cc1ccc(F)nc1N)OCC. The van der Waals surface area contributed by atoms with Crippen LogP contribution in [-0.2, 0) is 15.9 Å². The zero-order valence-electron chi connectivity index (χ0n) is 12.6. The van der Waals surface area contributed by atoms with Crippen LogP contribution in [0.15, 0.2) is 12.1 Å². The number of hydrogen-bond acceptors (Lipinski definition) is 5. The van der Waals surface area contributed by atoms with E-state index in [2.05, 4.69) is 4.98 Å². The summed E-state index contributed by atoms with van der Waals surface area (Å²) in [7, 11) is 0. The van der Waals surface area contributed by atoms with Gasteiger partial charge in [-0.3, -0.25) is 0 Å². The van der Waals surface area contributed by atoms with Crippen molar-refractivity contribution in [2.45, 2.75) is 45.8 Å². The Labute approximate surface area is 130 Å². The number of aromatic nitrogens is 1. The van der Waals surface area contributed by atoms with Crippen molar-refractivity contribution in [3.05, 3.63) is 23.6 Å². The number of halogens is 1. The van der Waals surface area contributed by atoms with Crippen molar-refractivity contribution in [2.75, 3.05) is 18.9 Å². The van der Waals surface area contributed by atoms with Crippen LogP contribution in [0.3, 0.4) is 0 Å². The lowest BCUT2D eigenvalue weighted by Gasteiger charge is -2.16. The summed E-state index contributed by atoms with van der Waals surface area (Å²) in [5.74, 6) is -0.364. The van der Waals surface area contributed by atoms with E-state index in [9.17, 15) is 4.39 Å². The fraction of sp³-hybridized carbons (Fsp3) is 0.600. The highest BCUT2D eigenvalue weighted by Gasteiger charge is 2.10. The van der Waals surface area contributed by atoms with Gasteiger partial charge in [-0.1, -0.05) is 18.3 Å². The Morgan fingerprint density at radius 1 is 1.33 bits per heavy atom. The molecule has 6 heteroatoms. The molecule has 21 heavy (non-hydrogen) atoms. The Hall–Kier alpha value is -1.11. The number of anilines is 1. The summed E-state index contributed by atoms with van der Waals surface area (Å²) >= 11 is 5.35. The molecule has 0 saturated carbocycles. The van der Waals surface area contributed by atoms with Gasteiger partial charge in [0, 0.05) is 19.6 Å². The molecule has 0 unspecified atom stereocenters. The Kier molecular flexibility index (Phi) is 8.34. The van der Waals surface area contributed by atoms with Gasteiger partial charge in [-0.25, -0.2) is 4.98 Å². The van der Waals surface area contributed by atoms with Gasteiger partial charge < -0.3 is 15.2 Å². The van der Waals surface area contributed by atoms with Crippen molar-refractivity contribution in [2.24, 2.45) is 0 Å². The lowest BCUT2D eigenvalue weighted by atomic mass is 10.1. The fourth-order valence-electron chi connectivity index (χ4n) is 1.98. The molecule has 1 rings (SSSR count). The molecule has 0 saturated heterocycles. The summed E-state index contributed by atoms with van der Waals surface area (Å²) in [5, 5.41) is 0. The summed E-state index contributed by atoms with van der Waals surface area (Å²) in [4.78, 5) is 4.47.